The number of aryl methyl sites for hydroxylation is 3. The first-order valence-electron chi connectivity index (χ1n) is 6.73. The molecule has 0 bridgehead atoms. The summed E-state index contributed by atoms with van der Waals surface area (Å²) in [4.78, 5) is 11.4. The highest BCUT2D eigenvalue weighted by atomic mass is 16.5. The molecule has 0 atom stereocenters. The largest absolute Gasteiger partial charge is 0.488 e. The minimum Gasteiger partial charge on any atom is -0.488 e. The van der Waals surface area contributed by atoms with Gasteiger partial charge in [0.15, 0.2) is 5.76 Å². The Balaban J connectivity index is 2.17. The van der Waals surface area contributed by atoms with E-state index in [0.29, 0.717) is 12.4 Å². The first kappa shape index (κ1) is 15.1. The van der Waals surface area contributed by atoms with E-state index < -0.39 is 5.91 Å². The third-order valence-electron chi connectivity index (χ3n) is 3.52. The molecule has 2 rings (SSSR count). The molecule has 5 nitrogen and oxygen atoms in total. The van der Waals surface area contributed by atoms with Crippen LogP contribution in [0.2, 0.25) is 0 Å². The molecule has 1 amide bonds. The van der Waals surface area contributed by atoms with Crippen molar-refractivity contribution in [2.24, 2.45) is 5.84 Å². The van der Waals surface area contributed by atoms with Gasteiger partial charge >= 0.3 is 5.91 Å². The highest BCUT2D eigenvalue weighted by molar-refractivity contribution is 5.91. The molecule has 1 aromatic carbocycles. The van der Waals surface area contributed by atoms with Crippen LogP contribution in [0.15, 0.2) is 22.6 Å². The zero-order chi connectivity index (χ0) is 15.6. The van der Waals surface area contributed by atoms with Gasteiger partial charge in [0.2, 0.25) is 0 Å². The number of ether oxygens (including phenoxy) is 1. The van der Waals surface area contributed by atoms with Gasteiger partial charge < -0.3 is 9.15 Å². The van der Waals surface area contributed by atoms with Crippen molar-refractivity contribution in [2.45, 2.75) is 34.3 Å². The second-order valence-electron chi connectivity index (χ2n) is 5.16. The summed E-state index contributed by atoms with van der Waals surface area (Å²) in [7, 11) is 0. The standard InChI is InChI=1S/C16H20N2O3/c1-9-5-10(2)11(3)14(6-9)20-8-13-7-15(16(19)18-17)21-12(13)4/h5-7H,8,17H2,1-4H3,(H,18,19). The van der Waals surface area contributed by atoms with E-state index >= 15 is 0 Å². The Kier molecular flexibility index (Phi) is 4.33. The molecule has 1 heterocycles. The smallest absolute Gasteiger partial charge is 0.300 e. The maximum atomic E-state index is 11.4. The van der Waals surface area contributed by atoms with Crippen LogP contribution in [0.4, 0.5) is 0 Å². The van der Waals surface area contributed by atoms with Gasteiger partial charge in [-0.15, -0.1) is 0 Å². The number of rotatable bonds is 4. The van der Waals surface area contributed by atoms with Gasteiger partial charge in [0, 0.05) is 5.56 Å². The second kappa shape index (κ2) is 6.01. The molecule has 2 aromatic rings. The monoisotopic (exact) mass is 288 g/mol. The van der Waals surface area contributed by atoms with Crippen molar-refractivity contribution in [1.29, 1.82) is 0 Å². The molecule has 0 saturated carbocycles. The summed E-state index contributed by atoms with van der Waals surface area (Å²) in [6, 6.07) is 5.77. The summed E-state index contributed by atoms with van der Waals surface area (Å²) in [6.07, 6.45) is 0. The lowest BCUT2D eigenvalue weighted by atomic mass is 10.1. The van der Waals surface area contributed by atoms with Crippen LogP contribution in [-0.2, 0) is 6.61 Å². The van der Waals surface area contributed by atoms with Gasteiger partial charge in [0.25, 0.3) is 0 Å². The van der Waals surface area contributed by atoms with E-state index in [1.807, 2.05) is 25.3 Å². The topological polar surface area (TPSA) is 77.5 Å². The van der Waals surface area contributed by atoms with E-state index in [-0.39, 0.29) is 5.76 Å². The molecule has 0 aliphatic carbocycles. The number of hydrazine groups is 1. The van der Waals surface area contributed by atoms with E-state index in [4.69, 9.17) is 15.0 Å². The van der Waals surface area contributed by atoms with Crippen LogP contribution < -0.4 is 16.0 Å². The Labute approximate surface area is 124 Å². The Bertz CT molecular complexity index is 674. The summed E-state index contributed by atoms with van der Waals surface area (Å²) in [5.74, 6) is 6.32. The number of benzene rings is 1. The van der Waals surface area contributed by atoms with Gasteiger partial charge in [-0.1, -0.05) is 6.07 Å². The Hall–Kier alpha value is -2.27. The van der Waals surface area contributed by atoms with Crippen LogP contribution >= 0.6 is 0 Å². The molecule has 0 radical (unpaired) electrons. The molecule has 112 valence electrons. The number of hydrogen-bond donors (Lipinski definition) is 2. The molecule has 21 heavy (non-hydrogen) atoms. The van der Waals surface area contributed by atoms with Crippen LogP contribution in [0, 0.1) is 27.7 Å². The fraction of sp³-hybridized carbons (Fsp3) is 0.312. The van der Waals surface area contributed by atoms with Gasteiger partial charge in [-0.3, -0.25) is 10.2 Å². The molecule has 0 unspecified atom stereocenters. The first-order chi connectivity index (χ1) is 9.92. The molecular weight excluding hydrogens is 268 g/mol. The van der Waals surface area contributed by atoms with Gasteiger partial charge in [0.05, 0.1) is 0 Å². The lowest BCUT2D eigenvalue weighted by Crippen LogP contribution is -2.29. The van der Waals surface area contributed by atoms with Crippen LogP contribution in [0.1, 0.15) is 38.6 Å². The van der Waals surface area contributed by atoms with Crippen molar-refractivity contribution >= 4 is 5.91 Å². The van der Waals surface area contributed by atoms with E-state index in [0.717, 1.165) is 22.4 Å². The van der Waals surface area contributed by atoms with Gasteiger partial charge in [0.1, 0.15) is 18.1 Å². The maximum Gasteiger partial charge on any atom is 0.300 e. The molecule has 1 aromatic heterocycles. The second-order valence-corrected chi connectivity index (χ2v) is 5.16. The number of carbonyl (C=O) groups is 1. The summed E-state index contributed by atoms with van der Waals surface area (Å²) in [5.41, 5.74) is 6.33. The minimum absolute atomic E-state index is 0.186. The SMILES string of the molecule is Cc1cc(C)c(C)c(OCc2cc(C(=O)NN)oc2C)c1. The molecule has 0 aliphatic rings. The average molecular weight is 288 g/mol. The van der Waals surface area contributed by atoms with E-state index in [2.05, 4.69) is 13.0 Å². The Morgan fingerprint density at radius 3 is 2.62 bits per heavy atom. The van der Waals surface area contributed by atoms with Crippen molar-refractivity contribution in [1.82, 2.24) is 5.43 Å². The molecular formula is C16H20N2O3. The van der Waals surface area contributed by atoms with E-state index in [9.17, 15) is 4.79 Å². The maximum absolute atomic E-state index is 11.4. The molecule has 5 heteroatoms. The zero-order valence-electron chi connectivity index (χ0n) is 12.7. The van der Waals surface area contributed by atoms with Gasteiger partial charge in [-0.05, 0) is 56.5 Å². The number of carbonyl (C=O) groups excluding carboxylic acids is 1. The molecule has 0 spiro atoms. The molecule has 0 saturated heterocycles. The van der Waals surface area contributed by atoms with Crippen molar-refractivity contribution in [2.75, 3.05) is 0 Å². The predicted octanol–water partition coefficient (Wildman–Crippen LogP) is 2.70. The fourth-order valence-electron chi connectivity index (χ4n) is 2.15. The Morgan fingerprint density at radius 2 is 1.95 bits per heavy atom. The van der Waals surface area contributed by atoms with Gasteiger partial charge in [-0.2, -0.15) is 0 Å². The summed E-state index contributed by atoms with van der Waals surface area (Å²) in [5, 5.41) is 0. The molecule has 0 aliphatic heterocycles. The highest BCUT2D eigenvalue weighted by Gasteiger charge is 2.14. The number of nitrogen functional groups attached to an aromatic ring is 1. The van der Waals surface area contributed by atoms with Crippen molar-refractivity contribution in [3.05, 3.63) is 52.0 Å². The first-order valence-corrected chi connectivity index (χ1v) is 6.73. The quantitative estimate of drug-likeness (QED) is 0.515. The third-order valence-corrected chi connectivity index (χ3v) is 3.52. The predicted molar refractivity (Wildman–Crippen MR) is 80.1 cm³/mol. The number of nitrogens with one attached hydrogen (secondary N) is 1. The molecule has 0 fully saturated rings. The number of amides is 1. The van der Waals surface area contributed by atoms with Crippen molar-refractivity contribution in [3.8, 4) is 5.75 Å². The number of nitrogens with two attached hydrogens (primary N) is 1. The van der Waals surface area contributed by atoms with Gasteiger partial charge in [-0.25, -0.2) is 5.84 Å². The third kappa shape index (κ3) is 3.25. The molecule has 3 N–H and O–H groups in total. The average Bonchev–Trinajstić information content (AvgIpc) is 2.81. The zero-order valence-corrected chi connectivity index (χ0v) is 12.7. The van der Waals surface area contributed by atoms with E-state index in [1.54, 1.807) is 13.0 Å². The highest BCUT2D eigenvalue weighted by Crippen LogP contribution is 2.25. The fourth-order valence-corrected chi connectivity index (χ4v) is 2.15. The van der Waals surface area contributed by atoms with Crippen molar-refractivity contribution in [3.63, 3.8) is 0 Å². The number of hydrogen-bond acceptors (Lipinski definition) is 4. The van der Waals surface area contributed by atoms with Crippen molar-refractivity contribution < 1.29 is 13.9 Å². The normalized spacial score (nSPS) is 10.5. The summed E-state index contributed by atoms with van der Waals surface area (Å²) < 4.78 is 11.2. The minimum atomic E-state index is -0.452. The van der Waals surface area contributed by atoms with Crippen LogP contribution in [0.3, 0.4) is 0 Å². The summed E-state index contributed by atoms with van der Waals surface area (Å²) in [6.45, 7) is 8.25. The van der Waals surface area contributed by atoms with Crippen LogP contribution in [0.25, 0.3) is 0 Å². The van der Waals surface area contributed by atoms with Crippen LogP contribution in [0.5, 0.6) is 5.75 Å². The van der Waals surface area contributed by atoms with Crippen LogP contribution in [-0.4, -0.2) is 5.91 Å². The summed E-state index contributed by atoms with van der Waals surface area (Å²) >= 11 is 0. The number of furan rings is 1. The lowest BCUT2D eigenvalue weighted by molar-refractivity contribution is 0.0924. The lowest BCUT2D eigenvalue weighted by Gasteiger charge is -2.12. The Morgan fingerprint density at radius 1 is 1.24 bits per heavy atom. The van der Waals surface area contributed by atoms with E-state index in [1.165, 1.54) is 5.56 Å².